The minimum atomic E-state index is -0.168. The largest absolute Gasteiger partial charge is 0.489 e. The Hall–Kier alpha value is -1.25. The molecule has 0 atom stereocenters. The molecule has 1 aliphatic rings. The molecular weight excluding hydrogens is 193 g/mol. The van der Waals surface area contributed by atoms with Crippen molar-refractivity contribution in [2.24, 2.45) is 0 Å². The summed E-state index contributed by atoms with van der Waals surface area (Å²) in [6.45, 7) is 5.48. The highest BCUT2D eigenvalue weighted by atomic mass is 19.1. The quantitative estimate of drug-likeness (QED) is 0.705. The van der Waals surface area contributed by atoms with Crippen LogP contribution in [0.5, 0.6) is 5.75 Å². The molecular formula is C12H16FNO. The summed E-state index contributed by atoms with van der Waals surface area (Å²) >= 11 is 0. The molecule has 3 heteroatoms. The highest BCUT2D eigenvalue weighted by Crippen LogP contribution is 2.35. The molecule has 1 aromatic rings. The third-order valence-corrected chi connectivity index (χ3v) is 2.80. The van der Waals surface area contributed by atoms with Crippen LogP contribution in [0.15, 0.2) is 12.1 Å². The Morgan fingerprint density at radius 2 is 2.13 bits per heavy atom. The molecule has 0 saturated heterocycles. The summed E-state index contributed by atoms with van der Waals surface area (Å²) in [5, 5.41) is 0. The van der Waals surface area contributed by atoms with Crippen molar-refractivity contribution in [2.75, 3.05) is 25.1 Å². The highest BCUT2D eigenvalue weighted by molar-refractivity contribution is 5.61. The van der Waals surface area contributed by atoms with Crippen molar-refractivity contribution in [3.63, 3.8) is 0 Å². The first-order chi connectivity index (χ1) is 7.09. The average Bonchev–Trinajstić information content (AvgIpc) is 2.16. The molecule has 0 radical (unpaired) electrons. The van der Waals surface area contributed by atoms with Gasteiger partial charge in [0.05, 0.1) is 12.2 Å². The fraction of sp³-hybridized carbons (Fsp3) is 0.500. The van der Waals surface area contributed by atoms with Crippen LogP contribution in [-0.2, 0) is 0 Å². The molecule has 0 spiro atoms. The third kappa shape index (κ3) is 1.78. The molecule has 1 aromatic carbocycles. The van der Waals surface area contributed by atoms with Crippen LogP contribution in [0.2, 0.25) is 0 Å². The summed E-state index contributed by atoms with van der Waals surface area (Å²) < 4.78 is 19.1. The standard InChI is InChI=1S/C12H16FNO/c1-8(2)9-6-11-12(7-10(9)13)15-5-4-14(11)3/h6-8H,4-5H2,1-3H3. The number of hydrogen-bond acceptors (Lipinski definition) is 2. The second-order valence-electron chi connectivity index (χ2n) is 4.27. The predicted octanol–water partition coefficient (Wildman–Crippen LogP) is 2.78. The molecule has 82 valence electrons. The van der Waals surface area contributed by atoms with E-state index in [1.807, 2.05) is 27.0 Å². The van der Waals surface area contributed by atoms with Crippen LogP contribution in [0.1, 0.15) is 25.3 Å². The van der Waals surface area contributed by atoms with E-state index in [2.05, 4.69) is 4.90 Å². The first-order valence-corrected chi connectivity index (χ1v) is 5.27. The van der Waals surface area contributed by atoms with Crippen LogP contribution >= 0.6 is 0 Å². The monoisotopic (exact) mass is 209 g/mol. The van der Waals surface area contributed by atoms with Gasteiger partial charge in [-0.3, -0.25) is 0 Å². The van der Waals surface area contributed by atoms with Gasteiger partial charge in [0.25, 0.3) is 0 Å². The van der Waals surface area contributed by atoms with E-state index in [1.54, 1.807) is 0 Å². The summed E-state index contributed by atoms with van der Waals surface area (Å²) in [6, 6.07) is 3.40. The van der Waals surface area contributed by atoms with E-state index >= 15 is 0 Å². The van der Waals surface area contributed by atoms with Crippen LogP contribution in [0.25, 0.3) is 0 Å². The van der Waals surface area contributed by atoms with Crippen LogP contribution in [0, 0.1) is 5.82 Å². The minimum absolute atomic E-state index is 0.168. The number of benzene rings is 1. The van der Waals surface area contributed by atoms with Gasteiger partial charge in [0.15, 0.2) is 0 Å². The second kappa shape index (κ2) is 3.72. The van der Waals surface area contributed by atoms with Gasteiger partial charge in [-0.15, -0.1) is 0 Å². The van der Waals surface area contributed by atoms with Crippen molar-refractivity contribution in [2.45, 2.75) is 19.8 Å². The molecule has 0 unspecified atom stereocenters. The molecule has 0 aliphatic carbocycles. The Labute approximate surface area is 89.7 Å². The van der Waals surface area contributed by atoms with E-state index in [-0.39, 0.29) is 11.7 Å². The summed E-state index contributed by atoms with van der Waals surface area (Å²) in [7, 11) is 2.00. The zero-order valence-corrected chi connectivity index (χ0v) is 9.38. The number of anilines is 1. The Balaban J connectivity index is 2.50. The summed E-state index contributed by atoms with van der Waals surface area (Å²) in [5.41, 5.74) is 1.75. The third-order valence-electron chi connectivity index (χ3n) is 2.80. The van der Waals surface area contributed by atoms with E-state index in [1.165, 1.54) is 6.07 Å². The van der Waals surface area contributed by atoms with Crippen molar-refractivity contribution >= 4 is 5.69 Å². The highest BCUT2D eigenvalue weighted by Gasteiger charge is 2.19. The topological polar surface area (TPSA) is 12.5 Å². The fourth-order valence-electron chi connectivity index (χ4n) is 1.83. The van der Waals surface area contributed by atoms with E-state index in [9.17, 15) is 4.39 Å². The van der Waals surface area contributed by atoms with Crippen LogP contribution < -0.4 is 9.64 Å². The smallest absolute Gasteiger partial charge is 0.145 e. The zero-order chi connectivity index (χ0) is 11.0. The van der Waals surface area contributed by atoms with E-state index < -0.39 is 0 Å². The van der Waals surface area contributed by atoms with E-state index in [0.717, 1.165) is 17.8 Å². The van der Waals surface area contributed by atoms with Gasteiger partial charge in [-0.1, -0.05) is 13.8 Å². The van der Waals surface area contributed by atoms with Gasteiger partial charge in [0, 0.05) is 13.1 Å². The molecule has 0 bridgehead atoms. The molecule has 2 nitrogen and oxygen atoms in total. The molecule has 1 aliphatic heterocycles. The maximum atomic E-state index is 13.7. The van der Waals surface area contributed by atoms with Crippen LogP contribution in [0.4, 0.5) is 10.1 Å². The molecule has 15 heavy (non-hydrogen) atoms. The van der Waals surface area contributed by atoms with Crippen molar-refractivity contribution in [1.82, 2.24) is 0 Å². The maximum absolute atomic E-state index is 13.7. The van der Waals surface area contributed by atoms with E-state index in [0.29, 0.717) is 12.4 Å². The number of fused-ring (bicyclic) bond motifs is 1. The van der Waals surface area contributed by atoms with Crippen molar-refractivity contribution in [3.8, 4) is 5.75 Å². The van der Waals surface area contributed by atoms with Gasteiger partial charge in [0.1, 0.15) is 18.2 Å². The van der Waals surface area contributed by atoms with Gasteiger partial charge in [0.2, 0.25) is 0 Å². The van der Waals surface area contributed by atoms with Crippen molar-refractivity contribution < 1.29 is 9.13 Å². The van der Waals surface area contributed by atoms with E-state index in [4.69, 9.17) is 4.74 Å². The summed E-state index contributed by atoms with van der Waals surface area (Å²) in [4.78, 5) is 2.10. The van der Waals surface area contributed by atoms with Gasteiger partial charge >= 0.3 is 0 Å². The molecule has 1 heterocycles. The lowest BCUT2D eigenvalue weighted by Gasteiger charge is -2.28. The maximum Gasteiger partial charge on any atom is 0.145 e. The Morgan fingerprint density at radius 1 is 1.40 bits per heavy atom. The fourth-order valence-corrected chi connectivity index (χ4v) is 1.83. The summed E-state index contributed by atoms with van der Waals surface area (Å²) in [6.07, 6.45) is 0. The number of rotatable bonds is 1. The molecule has 0 amide bonds. The molecule has 0 aromatic heterocycles. The van der Waals surface area contributed by atoms with Gasteiger partial charge in [-0.05, 0) is 17.5 Å². The lowest BCUT2D eigenvalue weighted by Crippen LogP contribution is -2.29. The first kappa shape index (κ1) is 10.3. The normalized spacial score (nSPS) is 15.1. The lowest BCUT2D eigenvalue weighted by molar-refractivity contribution is 0.309. The number of nitrogens with zero attached hydrogens (tertiary/aromatic N) is 1. The molecule has 0 saturated carbocycles. The average molecular weight is 209 g/mol. The van der Waals surface area contributed by atoms with Gasteiger partial charge in [-0.2, -0.15) is 0 Å². The molecule has 0 N–H and O–H groups in total. The minimum Gasteiger partial charge on any atom is -0.489 e. The van der Waals surface area contributed by atoms with Crippen LogP contribution in [0.3, 0.4) is 0 Å². The number of ether oxygens (including phenoxy) is 1. The van der Waals surface area contributed by atoms with Crippen molar-refractivity contribution in [3.05, 3.63) is 23.5 Å². The van der Waals surface area contributed by atoms with Gasteiger partial charge in [-0.25, -0.2) is 4.39 Å². The zero-order valence-electron chi connectivity index (χ0n) is 9.38. The Kier molecular flexibility index (Phi) is 2.55. The van der Waals surface area contributed by atoms with Crippen molar-refractivity contribution in [1.29, 1.82) is 0 Å². The predicted molar refractivity (Wildman–Crippen MR) is 59.3 cm³/mol. The molecule has 2 rings (SSSR count). The Morgan fingerprint density at radius 3 is 2.80 bits per heavy atom. The first-order valence-electron chi connectivity index (χ1n) is 5.27. The number of likely N-dealkylation sites (N-methyl/N-ethyl adjacent to an activating group) is 1. The van der Waals surface area contributed by atoms with Crippen LogP contribution in [-0.4, -0.2) is 20.2 Å². The molecule has 0 fully saturated rings. The summed E-state index contributed by atoms with van der Waals surface area (Å²) in [5.74, 6) is 0.690. The lowest BCUT2D eigenvalue weighted by atomic mass is 10.0. The van der Waals surface area contributed by atoms with Gasteiger partial charge < -0.3 is 9.64 Å². The number of hydrogen-bond donors (Lipinski definition) is 0. The second-order valence-corrected chi connectivity index (χ2v) is 4.27. The number of halogens is 1. The SMILES string of the molecule is CC(C)c1cc2c(cc1F)OCCN2C. The Bertz CT molecular complexity index is 376.